The maximum absolute atomic E-state index is 13.9. The molecule has 1 unspecified atom stereocenters. The predicted molar refractivity (Wildman–Crippen MR) is 200 cm³/mol. The number of rotatable bonds is 12. The Labute approximate surface area is 348 Å². The third-order valence-corrected chi connectivity index (χ3v) is 10.5. The van der Waals surface area contributed by atoms with Crippen LogP contribution in [-0.4, -0.2) is 101 Å². The van der Waals surface area contributed by atoms with Gasteiger partial charge in [0.25, 0.3) is 0 Å². The van der Waals surface area contributed by atoms with Gasteiger partial charge >= 0.3 is 36.0 Å². The van der Waals surface area contributed by atoms with E-state index in [0.717, 1.165) is 33.4 Å². The molecule has 3 aromatic rings. The van der Waals surface area contributed by atoms with Crippen LogP contribution in [0.3, 0.4) is 0 Å². The van der Waals surface area contributed by atoms with Gasteiger partial charge in [-0.05, 0) is 46.5 Å². The number of carbonyl (C=O) groups is 6. The van der Waals surface area contributed by atoms with E-state index in [0.29, 0.717) is 28.2 Å². The average molecular weight is 851 g/mol. The van der Waals surface area contributed by atoms with Gasteiger partial charge in [-0.25, -0.2) is 9.59 Å². The van der Waals surface area contributed by atoms with E-state index in [1.54, 1.807) is 48.5 Å². The summed E-state index contributed by atoms with van der Waals surface area (Å²) in [7, 11) is 3.80. The van der Waals surface area contributed by atoms with Crippen LogP contribution in [0.1, 0.15) is 55.0 Å². The summed E-state index contributed by atoms with van der Waals surface area (Å²) < 4.78 is 73.9. The quantitative estimate of drug-likeness (QED) is 0.143. The molecule has 0 spiro atoms. The van der Waals surface area contributed by atoms with E-state index in [2.05, 4.69) is 0 Å². The smallest absolute Gasteiger partial charge is 0.493 e. The number of ether oxygens (including phenoxy) is 13. The van der Waals surface area contributed by atoms with Gasteiger partial charge in [0.2, 0.25) is 18.8 Å². The Bertz CT molecular complexity index is 2160. The first-order chi connectivity index (χ1) is 29.3. The molecule has 3 aromatic carbocycles. The van der Waals surface area contributed by atoms with E-state index in [1.165, 1.54) is 14.2 Å². The highest BCUT2D eigenvalue weighted by Gasteiger charge is 2.59. The van der Waals surface area contributed by atoms with Gasteiger partial charge in [-0.2, -0.15) is 0 Å². The minimum absolute atomic E-state index is 0.0557. The third-order valence-electron chi connectivity index (χ3n) is 10.5. The summed E-state index contributed by atoms with van der Waals surface area (Å²) in [6, 6.07) is 15.5. The molecule has 0 bridgehead atoms. The minimum Gasteiger partial charge on any atom is -0.493 e. The van der Waals surface area contributed by atoms with Crippen molar-refractivity contribution < 1.29 is 90.3 Å². The van der Waals surface area contributed by atoms with Crippen LogP contribution in [0.2, 0.25) is 0 Å². The first kappa shape index (κ1) is 42.5. The van der Waals surface area contributed by atoms with Crippen LogP contribution in [-0.2, 0) is 68.5 Å². The number of esters is 5. The van der Waals surface area contributed by atoms with Gasteiger partial charge in [0.1, 0.15) is 6.61 Å². The van der Waals surface area contributed by atoms with E-state index in [9.17, 15) is 28.8 Å². The Kier molecular flexibility index (Phi) is 12.5. The van der Waals surface area contributed by atoms with Crippen molar-refractivity contribution in [1.29, 1.82) is 0 Å². The van der Waals surface area contributed by atoms with E-state index >= 15 is 0 Å². The molecule has 2 fully saturated rings. The molecule has 9 atom stereocenters. The van der Waals surface area contributed by atoms with Gasteiger partial charge in [0.15, 0.2) is 47.4 Å². The average Bonchev–Trinajstić information content (AvgIpc) is 3.86. The lowest BCUT2D eigenvalue weighted by Gasteiger charge is -2.46. The summed E-state index contributed by atoms with van der Waals surface area (Å²) in [4.78, 5) is 77.4. The number of methoxy groups -OCH3 is 3. The van der Waals surface area contributed by atoms with Gasteiger partial charge in [-0.1, -0.05) is 30.3 Å². The Morgan fingerprint density at radius 2 is 1.34 bits per heavy atom. The molecule has 61 heavy (non-hydrogen) atoms. The lowest BCUT2D eigenvalue weighted by molar-refractivity contribution is -0.316. The van der Waals surface area contributed by atoms with Crippen molar-refractivity contribution in [3.8, 4) is 28.7 Å². The number of benzene rings is 3. The van der Waals surface area contributed by atoms with Gasteiger partial charge in [0.05, 0.1) is 40.0 Å². The van der Waals surface area contributed by atoms with Crippen molar-refractivity contribution in [2.24, 2.45) is 11.8 Å². The molecule has 0 saturated carbocycles. The summed E-state index contributed by atoms with van der Waals surface area (Å²) in [6.07, 6.45) is -10.5. The van der Waals surface area contributed by atoms with Crippen molar-refractivity contribution in [2.45, 2.75) is 70.1 Å². The SMILES string of the molecule is COC(=O)[C@H]1O[C@@H](O[C@@H]2c3cc4c(cc3[C@@H](c3cc(OC)c(OC(=O)OCc5ccccc5)c(OC)c3)[C@H]3C(=O)OCC23)OCO4)[C@H](OC(C)=O)[C@@H](OC(C)=O)[C@@H]1OC(C)=O. The molecule has 324 valence electrons. The van der Waals surface area contributed by atoms with Crippen molar-refractivity contribution in [2.75, 3.05) is 34.7 Å². The topological polar surface area (TPSA) is 222 Å². The second-order valence-electron chi connectivity index (χ2n) is 14.2. The van der Waals surface area contributed by atoms with E-state index in [-0.39, 0.29) is 37.3 Å². The van der Waals surface area contributed by atoms with Gasteiger partial charge < -0.3 is 61.6 Å². The fourth-order valence-electron chi connectivity index (χ4n) is 8.03. The Balaban J connectivity index is 1.30. The first-order valence-electron chi connectivity index (χ1n) is 19.0. The molecule has 2 saturated heterocycles. The van der Waals surface area contributed by atoms with E-state index in [4.69, 9.17) is 61.6 Å². The van der Waals surface area contributed by atoms with E-state index < -0.39 is 90.6 Å². The van der Waals surface area contributed by atoms with Crippen molar-refractivity contribution in [1.82, 2.24) is 0 Å². The summed E-state index contributed by atoms with van der Waals surface area (Å²) >= 11 is 0. The fraction of sp³-hybridized carbons (Fsp3) is 0.429. The highest BCUT2D eigenvalue weighted by molar-refractivity contribution is 5.80. The predicted octanol–water partition coefficient (Wildman–Crippen LogP) is 3.83. The van der Waals surface area contributed by atoms with Gasteiger partial charge in [-0.15, -0.1) is 0 Å². The Hall–Kier alpha value is -6.60. The van der Waals surface area contributed by atoms with Crippen LogP contribution in [0, 0.1) is 11.8 Å². The molecule has 3 aliphatic heterocycles. The molecule has 0 radical (unpaired) electrons. The molecule has 19 heteroatoms. The van der Waals surface area contributed by atoms with Crippen molar-refractivity contribution >= 4 is 36.0 Å². The van der Waals surface area contributed by atoms with Crippen LogP contribution in [0.25, 0.3) is 0 Å². The summed E-state index contributed by atoms with van der Waals surface area (Å²) in [5, 5.41) is 0. The van der Waals surface area contributed by atoms with Gasteiger partial charge in [-0.3, -0.25) is 19.2 Å². The first-order valence-corrected chi connectivity index (χ1v) is 19.0. The number of fused-ring (bicyclic) bond motifs is 3. The summed E-state index contributed by atoms with van der Waals surface area (Å²) in [5.74, 6) is -6.08. The third kappa shape index (κ3) is 8.69. The zero-order valence-corrected chi connectivity index (χ0v) is 33.8. The Morgan fingerprint density at radius 3 is 1.95 bits per heavy atom. The molecule has 4 aliphatic rings. The second-order valence-corrected chi connectivity index (χ2v) is 14.2. The molecule has 7 rings (SSSR count). The van der Waals surface area contributed by atoms with E-state index in [1.807, 2.05) is 6.07 Å². The lowest BCUT2D eigenvalue weighted by Crippen LogP contribution is -2.64. The molecular weight excluding hydrogens is 808 g/mol. The number of carbonyl (C=O) groups excluding carboxylic acids is 6. The summed E-state index contributed by atoms with van der Waals surface area (Å²) in [5.41, 5.74) is 2.15. The monoisotopic (exact) mass is 850 g/mol. The fourth-order valence-corrected chi connectivity index (χ4v) is 8.03. The number of cyclic esters (lactones) is 1. The maximum Gasteiger partial charge on any atom is 0.514 e. The van der Waals surface area contributed by atoms with Crippen LogP contribution < -0.4 is 23.7 Å². The molecular formula is C42H42O19. The van der Waals surface area contributed by atoms with Crippen molar-refractivity contribution in [3.05, 3.63) is 76.9 Å². The van der Waals surface area contributed by atoms with Crippen molar-refractivity contribution in [3.63, 3.8) is 0 Å². The molecule has 19 nitrogen and oxygen atoms in total. The standard InChI is InChI=1S/C42H42O19/c1-19(43)56-35-36(57-20(2)44)38(58-21(3)45)41(60-37(35)40(47)51-6)59-33-25-15-28-27(54-18-55-28)14-24(25)31(32-26(33)17-52-39(32)46)23-12-29(49-4)34(30(13-23)50-5)61-42(48)53-16-22-10-8-7-9-11-22/h7-15,26,31-33,35-38,41H,16-18H2,1-6H3/t26?,31-,32+,33-,35+,36+,37+,38-,41-/m1/s1. The number of hydrogen-bond acceptors (Lipinski definition) is 19. The lowest BCUT2D eigenvalue weighted by atomic mass is 9.66. The molecule has 0 amide bonds. The minimum atomic E-state index is -1.74. The molecule has 1 aliphatic carbocycles. The highest BCUT2D eigenvalue weighted by atomic mass is 16.7. The molecule has 0 aromatic heterocycles. The zero-order valence-electron chi connectivity index (χ0n) is 33.8. The van der Waals surface area contributed by atoms with Crippen LogP contribution in [0.15, 0.2) is 54.6 Å². The summed E-state index contributed by atoms with van der Waals surface area (Å²) in [6.45, 7) is 2.88. The molecule has 0 N–H and O–H groups in total. The normalized spacial score (nSPS) is 25.7. The second kappa shape index (κ2) is 17.9. The molecule has 3 heterocycles. The largest absolute Gasteiger partial charge is 0.514 e. The van der Waals surface area contributed by atoms with Gasteiger partial charge in [0, 0.05) is 32.6 Å². The number of hydrogen-bond donors (Lipinski definition) is 0. The zero-order chi connectivity index (χ0) is 43.5. The van der Waals surface area contributed by atoms with Crippen LogP contribution in [0.4, 0.5) is 4.79 Å². The maximum atomic E-state index is 13.9. The Morgan fingerprint density at radius 1 is 0.738 bits per heavy atom. The van der Waals surface area contributed by atoms with Crippen LogP contribution in [0.5, 0.6) is 28.7 Å². The van der Waals surface area contributed by atoms with Crippen LogP contribution >= 0.6 is 0 Å². The highest BCUT2D eigenvalue weighted by Crippen LogP contribution is 2.57.